The lowest BCUT2D eigenvalue weighted by Crippen LogP contribution is -2.19. The predicted octanol–water partition coefficient (Wildman–Crippen LogP) is 5.31. The second-order valence-electron chi connectivity index (χ2n) is 6.57. The number of amides is 1. The minimum atomic E-state index is -0.212. The van der Waals surface area contributed by atoms with Crippen molar-refractivity contribution in [2.24, 2.45) is 5.10 Å². The van der Waals surface area contributed by atoms with E-state index in [1.807, 2.05) is 78.2 Å². The first kappa shape index (κ1) is 21.5. The van der Waals surface area contributed by atoms with Gasteiger partial charge in [0.25, 0.3) is 5.91 Å². The third kappa shape index (κ3) is 5.49. The smallest absolute Gasteiger partial charge is 0.250 e. The number of nitrogens with zero attached hydrogens (tertiary/aromatic N) is 4. The molecule has 2 aromatic carbocycles. The topological polar surface area (TPSA) is 72.2 Å². The summed E-state index contributed by atoms with van der Waals surface area (Å²) in [5.74, 6) is 0.691. The second-order valence-corrected chi connectivity index (χ2v) is 10.0. The number of aryl methyl sites for hydroxylation is 1. The van der Waals surface area contributed by atoms with Crippen LogP contribution in [0, 0.1) is 6.92 Å². The number of hydrogen-bond donors (Lipinski definition) is 1. The molecule has 6 nitrogen and oxygen atoms in total. The fourth-order valence-corrected chi connectivity index (χ4v) is 4.83. The molecular formula is C22H18BrN5OS2. The van der Waals surface area contributed by atoms with Crippen molar-refractivity contribution in [3.05, 3.63) is 81.0 Å². The van der Waals surface area contributed by atoms with Crippen LogP contribution in [0.5, 0.6) is 0 Å². The van der Waals surface area contributed by atoms with E-state index >= 15 is 0 Å². The number of carbonyl (C=O) groups is 1. The SMILES string of the molecule is Cc1ccc(-c2nnc(SCC(=O)N/N=C/c3ccc(Br)s3)n2-c2ccccc2)cc1. The Kier molecular flexibility index (Phi) is 6.96. The zero-order valence-corrected chi connectivity index (χ0v) is 19.7. The van der Waals surface area contributed by atoms with Gasteiger partial charge in [0.1, 0.15) is 0 Å². The standard InChI is InChI=1S/C22H18BrN5OS2/c1-15-7-9-16(10-8-15)21-26-27-22(28(21)17-5-3-2-4-6-17)30-14-20(29)25-24-13-18-11-12-19(23)31-18/h2-13H,14H2,1H3,(H,25,29)/b24-13+. The molecule has 1 N–H and O–H groups in total. The summed E-state index contributed by atoms with van der Waals surface area (Å²) in [5.41, 5.74) is 5.64. The molecule has 0 bridgehead atoms. The average Bonchev–Trinajstić information content (AvgIpc) is 3.39. The molecule has 0 aliphatic rings. The number of hydrogen-bond acceptors (Lipinski definition) is 6. The van der Waals surface area contributed by atoms with Crippen molar-refractivity contribution in [3.63, 3.8) is 0 Å². The molecule has 0 unspecified atom stereocenters. The van der Waals surface area contributed by atoms with E-state index < -0.39 is 0 Å². The Labute approximate surface area is 196 Å². The lowest BCUT2D eigenvalue weighted by molar-refractivity contribution is -0.118. The zero-order valence-electron chi connectivity index (χ0n) is 16.5. The van der Waals surface area contributed by atoms with Crippen molar-refractivity contribution in [1.29, 1.82) is 0 Å². The molecule has 2 heterocycles. The number of nitrogens with one attached hydrogen (secondary N) is 1. The molecule has 1 amide bonds. The molecule has 4 aromatic rings. The minimum absolute atomic E-state index is 0.171. The number of thiophene rings is 1. The summed E-state index contributed by atoms with van der Waals surface area (Å²) in [6.07, 6.45) is 1.62. The highest BCUT2D eigenvalue weighted by atomic mass is 79.9. The first-order valence-corrected chi connectivity index (χ1v) is 12.0. The van der Waals surface area contributed by atoms with Gasteiger partial charge in [-0.2, -0.15) is 5.10 Å². The van der Waals surface area contributed by atoms with Crippen LogP contribution in [0.25, 0.3) is 17.1 Å². The largest absolute Gasteiger partial charge is 0.272 e. The number of benzene rings is 2. The Bertz CT molecular complexity index is 1200. The first-order chi connectivity index (χ1) is 15.1. The van der Waals surface area contributed by atoms with Crippen molar-refractivity contribution >= 4 is 51.2 Å². The Balaban J connectivity index is 1.50. The molecule has 0 saturated carbocycles. The number of aromatic nitrogens is 3. The lowest BCUT2D eigenvalue weighted by Gasteiger charge is -2.10. The van der Waals surface area contributed by atoms with Crippen LogP contribution in [-0.2, 0) is 4.79 Å². The molecular weight excluding hydrogens is 494 g/mol. The van der Waals surface area contributed by atoms with Crippen molar-refractivity contribution in [3.8, 4) is 17.1 Å². The van der Waals surface area contributed by atoms with Gasteiger partial charge in [0.15, 0.2) is 11.0 Å². The van der Waals surface area contributed by atoms with Crippen LogP contribution in [-0.4, -0.2) is 32.6 Å². The van der Waals surface area contributed by atoms with Gasteiger partial charge >= 0.3 is 0 Å². The monoisotopic (exact) mass is 511 g/mol. The van der Waals surface area contributed by atoms with Crippen LogP contribution in [0.1, 0.15) is 10.4 Å². The Morgan fingerprint density at radius 2 is 1.90 bits per heavy atom. The maximum absolute atomic E-state index is 12.3. The number of para-hydroxylation sites is 1. The average molecular weight is 512 g/mol. The normalized spacial score (nSPS) is 11.2. The van der Waals surface area contributed by atoms with Gasteiger partial charge in [0.2, 0.25) is 0 Å². The summed E-state index contributed by atoms with van der Waals surface area (Å²) in [6.45, 7) is 2.05. The van der Waals surface area contributed by atoms with Crippen LogP contribution in [0.3, 0.4) is 0 Å². The maximum Gasteiger partial charge on any atom is 0.250 e. The third-order valence-electron chi connectivity index (χ3n) is 4.26. The first-order valence-electron chi connectivity index (χ1n) is 9.38. The van der Waals surface area contributed by atoms with E-state index in [0.717, 1.165) is 25.7 Å². The number of rotatable bonds is 7. The van der Waals surface area contributed by atoms with Gasteiger partial charge in [-0.1, -0.05) is 59.8 Å². The second kappa shape index (κ2) is 10.0. The van der Waals surface area contributed by atoms with Crippen LogP contribution < -0.4 is 5.43 Å². The molecule has 0 aliphatic heterocycles. The Morgan fingerprint density at radius 3 is 2.61 bits per heavy atom. The van der Waals surface area contributed by atoms with Gasteiger partial charge in [0.05, 0.1) is 15.8 Å². The van der Waals surface area contributed by atoms with E-state index in [4.69, 9.17) is 0 Å². The van der Waals surface area contributed by atoms with Gasteiger partial charge in [-0.25, -0.2) is 5.43 Å². The van der Waals surface area contributed by atoms with E-state index in [0.29, 0.717) is 5.16 Å². The highest BCUT2D eigenvalue weighted by molar-refractivity contribution is 9.11. The molecule has 0 aliphatic carbocycles. The zero-order chi connectivity index (χ0) is 21.6. The van der Waals surface area contributed by atoms with E-state index in [-0.39, 0.29) is 11.7 Å². The minimum Gasteiger partial charge on any atom is -0.272 e. The van der Waals surface area contributed by atoms with Crippen LogP contribution in [0.2, 0.25) is 0 Å². The molecule has 0 radical (unpaired) electrons. The highest BCUT2D eigenvalue weighted by Crippen LogP contribution is 2.28. The summed E-state index contributed by atoms with van der Waals surface area (Å²) in [4.78, 5) is 13.2. The van der Waals surface area contributed by atoms with E-state index in [1.165, 1.54) is 28.7 Å². The molecule has 2 aromatic heterocycles. The van der Waals surface area contributed by atoms with Gasteiger partial charge < -0.3 is 0 Å². The van der Waals surface area contributed by atoms with E-state index in [9.17, 15) is 4.79 Å². The molecule has 156 valence electrons. The van der Waals surface area contributed by atoms with Crippen molar-refractivity contribution in [2.75, 3.05) is 5.75 Å². The molecule has 0 atom stereocenters. The number of hydrazone groups is 1. The summed E-state index contributed by atoms with van der Waals surface area (Å²) in [7, 11) is 0. The molecule has 9 heteroatoms. The lowest BCUT2D eigenvalue weighted by atomic mass is 10.1. The maximum atomic E-state index is 12.3. The summed E-state index contributed by atoms with van der Waals surface area (Å²) in [5, 5.41) is 13.4. The molecule has 4 rings (SSSR count). The van der Waals surface area contributed by atoms with E-state index in [2.05, 4.69) is 36.7 Å². The summed E-state index contributed by atoms with van der Waals surface area (Å²) < 4.78 is 2.98. The molecule has 0 spiro atoms. The Hall–Kier alpha value is -2.75. The fourth-order valence-electron chi connectivity index (χ4n) is 2.79. The van der Waals surface area contributed by atoms with Crippen molar-refractivity contribution in [1.82, 2.24) is 20.2 Å². The number of carbonyl (C=O) groups excluding carboxylic acids is 1. The quantitative estimate of drug-likeness (QED) is 0.207. The highest BCUT2D eigenvalue weighted by Gasteiger charge is 2.17. The molecule has 0 saturated heterocycles. The van der Waals surface area contributed by atoms with Crippen molar-refractivity contribution in [2.45, 2.75) is 12.1 Å². The summed E-state index contributed by atoms with van der Waals surface area (Å²) in [6, 6.07) is 21.9. The van der Waals surface area contributed by atoms with Gasteiger partial charge in [0, 0.05) is 16.1 Å². The van der Waals surface area contributed by atoms with Gasteiger partial charge in [-0.05, 0) is 47.1 Å². The van der Waals surface area contributed by atoms with Crippen LogP contribution >= 0.6 is 39.0 Å². The van der Waals surface area contributed by atoms with Gasteiger partial charge in [-0.3, -0.25) is 9.36 Å². The number of thioether (sulfide) groups is 1. The predicted molar refractivity (Wildman–Crippen MR) is 130 cm³/mol. The van der Waals surface area contributed by atoms with Crippen LogP contribution in [0.4, 0.5) is 0 Å². The van der Waals surface area contributed by atoms with E-state index in [1.54, 1.807) is 6.21 Å². The molecule has 0 fully saturated rings. The third-order valence-corrected chi connectivity index (χ3v) is 6.75. The number of halogens is 1. The van der Waals surface area contributed by atoms with Crippen molar-refractivity contribution < 1.29 is 4.79 Å². The van der Waals surface area contributed by atoms with Crippen LogP contribution in [0.15, 0.2) is 80.8 Å². The molecule has 31 heavy (non-hydrogen) atoms. The Morgan fingerprint density at radius 1 is 1.13 bits per heavy atom. The fraction of sp³-hybridized carbons (Fsp3) is 0.0909. The summed E-state index contributed by atoms with van der Waals surface area (Å²) >= 11 is 6.26. The van der Waals surface area contributed by atoms with Gasteiger partial charge in [-0.15, -0.1) is 21.5 Å².